The van der Waals surface area contributed by atoms with Crippen LogP contribution in [0.4, 0.5) is 16.4 Å². The summed E-state index contributed by atoms with van der Waals surface area (Å²) in [5.41, 5.74) is 4.94. The number of thiocarbonyl (C=S) groups is 1. The van der Waals surface area contributed by atoms with Gasteiger partial charge in [0.1, 0.15) is 5.00 Å². The summed E-state index contributed by atoms with van der Waals surface area (Å²) in [7, 11) is 1.37. The van der Waals surface area contributed by atoms with Crippen LogP contribution in [0.2, 0.25) is 0 Å². The lowest BCUT2D eigenvalue weighted by Gasteiger charge is -2.22. The Morgan fingerprint density at radius 3 is 2.42 bits per heavy atom. The summed E-state index contributed by atoms with van der Waals surface area (Å²) in [4.78, 5) is 39.3. The number of rotatable bonds is 9. The van der Waals surface area contributed by atoms with Gasteiger partial charge in [0.2, 0.25) is 5.91 Å². The minimum Gasteiger partial charge on any atom is -0.465 e. The van der Waals surface area contributed by atoms with Gasteiger partial charge in [-0.05, 0) is 97.9 Å². The molecule has 7 nitrogen and oxygen atoms in total. The monoisotopic (exact) mass is 629 g/mol. The number of thiophene rings is 1. The molecule has 1 atom stereocenters. The Hall–Kier alpha value is -3.99. The quantitative estimate of drug-likeness (QED) is 0.0756. The van der Waals surface area contributed by atoms with Crippen LogP contribution in [0.1, 0.15) is 56.0 Å². The molecule has 0 saturated heterocycles. The predicted molar refractivity (Wildman–Crippen MR) is 179 cm³/mol. The molecule has 220 valence electrons. The van der Waals surface area contributed by atoms with Crippen molar-refractivity contribution in [3.63, 3.8) is 0 Å². The first-order valence-electron chi connectivity index (χ1n) is 13.8. The Morgan fingerprint density at radius 2 is 1.70 bits per heavy atom. The van der Waals surface area contributed by atoms with Gasteiger partial charge in [0.25, 0.3) is 0 Å². The number of amides is 1. The van der Waals surface area contributed by atoms with Gasteiger partial charge in [-0.15, -0.1) is 23.1 Å². The van der Waals surface area contributed by atoms with Crippen LogP contribution in [-0.4, -0.2) is 35.6 Å². The number of carbonyl (C=O) groups excluding carboxylic acids is 3. The van der Waals surface area contributed by atoms with Crippen LogP contribution >= 0.6 is 35.3 Å². The molecule has 0 aliphatic heterocycles. The Bertz CT molecular complexity index is 1650. The molecule has 1 aliphatic carbocycles. The second kappa shape index (κ2) is 14.0. The molecule has 5 rings (SSSR count). The van der Waals surface area contributed by atoms with E-state index in [0.29, 0.717) is 27.2 Å². The van der Waals surface area contributed by atoms with Crippen LogP contribution < -0.4 is 16.0 Å². The largest absolute Gasteiger partial charge is 0.465 e. The van der Waals surface area contributed by atoms with Crippen LogP contribution in [0.5, 0.6) is 0 Å². The lowest BCUT2D eigenvalue weighted by atomic mass is 9.83. The maximum atomic E-state index is 13.0. The van der Waals surface area contributed by atoms with Gasteiger partial charge < -0.3 is 20.7 Å². The van der Waals surface area contributed by atoms with Gasteiger partial charge in [-0.25, -0.2) is 4.79 Å². The van der Waals surface area contributed by atoms with E-state index in [0.717, 1.165) is 46.0 Å². The Kier molecular flexibility index (Phi) is 9.91. The number of methoxy groups -OCH3 is 1. The SMILES string of the molecule is COC(=O)c1c(NC(=O)CSc2cccc(NC(=S)Nc3ccc(C(C)=O)cc3)c2)sc2c1CCC(c1ccccc1)C2. The molecule has 10 heteroatoms. The van der Waals surface area contributed by atoms with E-state index in [9.17, 15) is 14.4 Å². The van der Waals surface area contributed by atoms with Crippen molar-refractivity contribution < 1.29 is 19.1 Å². The molecule has 0 spiro atoms. The summed E-state index contributed by atoms with van der Waals surface area (Å²) in [5, 5.41) is 10.2. The van der Waals surface area contributed by atoms with Crippen molar-refractivity contribution in [1.29, 1.82) is 0 Å². The number of esters is 1. The van der Waals surface area contributed by atoms with E-state index in [2.05, 4.69) is 40.2 Å². The molecule has 0 fully saturated rings. The first kappa shape index (κ1) is 30.5. The fourth-order valence-corrected chi connectivity index (χ4v) is 7.38. The highest BCUT2D eigenvalue weighted by Crippen LogP contribution is 2.43. The summed E-state index contributed by atoms with van der Waals surface area (Å²) in [5.74, 6) is -0.0571. The third-order valence-electron chi connectivity index (χ3n) is 7.19. The highest BCUT2D eigenvalue weighted by atomic mass is 32.2. The molecule has 1 amide bonds. The fraction of sp³-hybridized carbons (Fsp3) is 0.212. The standard InChI is InChI=1S/C33H31N3O4S3/c1-20(37)21-11-14-24(15-12-21)34-33(41)35-25-9-6-10-26(18-25)42-19-29(38)36-31-30(32(39)40-2)27-16-13-23(17-28(27)43-31)22-7-4-3-5-8-22/h3-12,14-15,18,23H,13,16-17,19H2,1-2H3,(H,36,38)(H2,34,35,41). The van der Waals surface area contributed by atoms with Gasteiger partial charge in [0.05, 0.1) is 18.4 Å². The van der Waals surface area contributed by atoms with Gasteiger partial charge in [-0.3, -0.25) is 9.59 Å². The number of hydrogen-bond acceptors (Lipinski definition) is 7. The molecule has 3 N–H and O–H groups in total. The third kappa shape index (κ3) is 7.70. The van der Waals surface area contributed by atoms with Crippen molar-refractivity contribution in [2.24, 2.45) is 0 Å². The minimum absolute atomic E-state index is 0.00522. The van der Waals surface area contributed by atoms with Gasteiger partial charge in [-0.2, -0.15) is 0 Å². The van der Waals surface area contributed by atoms with Gasteiger partial charge in [0, 0.05) is 26.7 Å². The zero-order chi connectivity index (χ0) is 30.3. The number of anilines is 3. The second-order valence-corrected chi connectivity index (χ2v) is 12.7. The number of thioether (sulfide) groups is 1. The van der Waals surface area contributed by atoms with E-state index in [-0.39, 0.29) is 17.4 Å². The van der Waals surface area contributed by atoms with E-state index >= 15 is 0 Å². The summed E-state index contributed by atoms with van der Waals surface area (Å²) >= 11 is 8.31. The molecule has 1 unspecified atom stereocenters. The minimum atomic E-state index is -0.420. The average molecular weight is 630 g/mol. The molecule has 1 aliphatic rings. The number of fused-ring (bicyclic) bond motifs is 1. The first-order chi connectivity index (χ1) is 20.8. The van der Waals surface area contributed by atoms with E-state index < -0.39 is 5.97 Å². The van der Waals surface area contributed by atoms with Crippen molar-refractivity contribution in [2.45, 2.75) is 37.0 Å². The Balaban J connectivity index is 1.19. The van der Waals surface area contributed by atoms with Crippen LogP contribution in [0, 0.1) is 0 Å². The number of benzene rings is 3. The number of Topliss-reactive ketones (excluding diaryl/α,β-unsaturated/α-hetero) is 1. The number of nitrogens with one attached hydrogen (secondary N) is 3. The van der Waals surface area contributed by atoms with Crippen LogP contribution in [0.3, 0.4) is 0 Å². The zero-order valence-electron chi connectivity index (χ0n) is 23.8. The maximum Gasteiger partial charge on any atom is 0.341 e. The smallest absolute Gasteiger partial charge is 0.341 e. The number of carbonyl (C=O) groups is 3. The van der Waals surface area contributed by atoms with Crippen LogP contribution in [0.15, 0.2) is 83.8 Å². The van der Waals surface area contributed by atoms with Crippen molar-refractivity contribution in [1.82, 2.24) is 0 Å². The van der Waals surface area contributed by atoms with Gasteiger partial charge in [0.15, 0.2) is 10.9 Å². The van der Waals surface area contributed by atoms with Crippen LogP contribution in [0.25, 0.3) is 0 Å². The predicted octanol–water partition coefficient (Wildman–Crippen LogP) is 7.55. The Morgan fingerprint density at radius 1 is 0.953 bits per heavy atom. The third-order valence-corrected chi connectivity index (χ3v) is 9.56. The maximum absolute atomic E-state index is 13.0. The Labute approximate surface area is 264 Å². The average Bonchev–Trinajstić information content (AvgIpc) is 3.37. The molecule has 1 heterocycles. The van der Waals surface area contributed by atoms with Crippen LogP contribution in [-0.2, 0) is 22.4 Å². The van der Waals surface area contributed by atoms with Gasteiger partial charge in [-0.1, -0.05) is 36.4 Å². The lowest BCUT2D eigenvalue weighted by molar-refractivity contribution is -0.113. The summed E-state index contributed by atoms with van der Waals surface area (Å²) in [6.45, 7) is 1.53. The first-order valence-corrected chi connectivity index (χ1v) is 16.0. The summed E-state index contributed by atoms with van der Waals surface area (Å²) in [6.07, 6.45) is 2.54. The molecule has 1 aromatic heterocycles. The highest BCUT2D eigenvalue weighted by molar-refractivity contribution is 8.00. The van der Waals surface area contributed by atoms with E-state index in [4.69, 9.17) is 17.0 Å². The summed E-state index contributed by atoms with van der Waals surface area (Å²) in [6, 6.07) is 25.1. The number of hydrogen-bond donors (Lipinski definition) is 3. The molecule has 0 bridgehead atoms. The topological polar surface area (TPSA) is 96.5 Å². The molecule has 0 radical (unpaired) electrons. The molecule has 3 aromatic carbocycles. The number of ether oxygens (including phenoxy) is 1. The zero-order valence-corrected chi connectivity index (χ0v) is 26.2. The van der Waals surface area contributed by atoms with E-state index in [1.54, 1.807) is 24.3 Å². The van der Waals surface area contributed by atoms with E-state index in [1.807, 2.05) is 30.3 Å². The van der Waals surface area contributed by atoms with Crippen molar-refractivity contribution in [2.75, 3.05) is 28.8 Å². The van der Waals surface area contributed by atoms with Crippen molar-refractivity contribution in [3.8, 4) is 0 Å². The lowest BCUT2D eigenvalue weighted by Crippen LogP contribution is -2.19. The molecular weight excluding hydrogens is 599 g/mol. The fourth-order valence-electron chi connectivity index (χ4n) is 5.06. The second-order valence-electron chi connectivity index (χ2n) is 10.1. The molecule has 0 saturated carbocycles. The summed E-state index contributed by atoms with van der Waals surface area (Å²) < 4.78 is 5.10. The van der Waals surface area contributed by atoms with E-state index in [1.165, 1.54) is 42.7 Å². The normalized spacial score (nSPS) is 13.9. The highest BCUT2D eigenvalue weighted by Gasteiger charge is 2.30. The van der Waals surface area contributed by atoms with Crippen molar-refractivity contribution >= 4 is 74.5 Å². The molecule has 43 heavy (non-hydrogen) atoms. The number of ketones is 1. The molecular formula is C33H31N3O4S3. The molecule has 4 aromatic rings. The van der Waals surface area contributed by atoms with Crippen molar-refractivity contribution in [3.05, 3.63) is 106 Å². The van der Waals surface area contributed by atoms with Gasteiger partial charge >= 0.3 is 5.97 Å².